The molecule has 0 aliphatic carbocycles. The Kier molecular flexibility index (Phi) is 6.49. The van der Waals surface area contributed by atoms with Crippen molar-refractivity contribution in [3.8, 4) is 5.75 Å². The van der Waals surface area contributed by atoms with Gasteiger partial charge < -0.3 is 19.9 Å². The number of carbonyl (C=O) groups is 1. The molecule has 1 N–H and O–H groups in total. The Labute approximate surface area is 145 Å². The molecule has 0 atom stereocenters. The highest BCUT2D eigenvalue weighted by Gasteiger charge is 2.18. The standard InChI is InChI=1S/C19H29N3O2/c23-19-16-20-10-14-22(19)17-6-8-18(9-7-17)24-15-5-13-21-11-3-1-2-4-12-21/h6-9,20H,1-5,10-16H2. The van der Waals surface area contributed by atoms with Gasteiger partial charge in [0, 0.05) is 25.3 Å². The number of anilines is 1. The minimum Gasteiger partial charge on any atom is -0.494 e. The first-order chi connectivity index (χ1) is 11.8. The molecule has 2 heterocycles. The Balaban J connectivity index is 1.40. The summed E-state index contributed by atoms with van der Waals surface area (Å²) in [6.07, 6.45) is 6.52. The van der Waals surface area contributed by atoms with Gasteiger partial charge in [0.2, 0.25) is 5.91 Å². The second kappa shape index (κ2) is 9.04. The van der Waals surface area contributed by atoms with Gasteiger partial charge in [-0.05, 0) is 56.6 Å². The lowest BCUT2D eigenvalue weighted by atomic mass is 10.2. The van der Waals surface area contributed by atoms with Gasteiger partial charge >= 0.3 is 0 Å². The number of carbonyl (C=O) groups excluding carboxylic acids is 1. The van der Waals surface area contributed by atoms with Gasteiger partial charge in [-0.2, -0.15) is 0 Å². The third-order valence-corrected chi connectivity index (χ3v) is 4.82. The van der Waals surface area contributed by atoms with E-state index in [1.807, 2.05) is 29.2 Å². The smallest absolute Gasteiger partial charge is 0.240 e. The maximum absolute atomic E-state index is 11.9. The summed E-state index contributed by atoms with van der Waals surface area (Å²) in [4.78, 5) is 16.3. The van der Waals surface area contributed by atoms with Gasteiger partial charge in [0.1, 0.15) is 5.75 Å². The van der Waals surface area contributed by atoms with E-state index in [1.54, 1.807) is 0 Å². The summed E-state index contributed by atoms with van der Waals surface area (Å²) in [5, 5.41) is 3.09. The van der Waals surface area contributed by atoms with Crippen molar-refractivity contribution in [2.75, 3.05) is 50.8 Å². The van der Waals surface area contributed by atoms with Gasteiger partial charge in [0.25, 0.3) is 0 Å². The van der Waals surface area contributed by atoms with E-state index < -0.39 is 0 Å². The SMILES string of the molecule is O=C1CNCCN1c1ccc(OCCCN2CCCCCC2)cc1. The molecule has 1 aromatic rings. The number of nitrogens with zero attached hydrogens (tertiary/aromatic N) is 2. The van der Waals surface area contributed by atoms with Crippen molar-refractivity contribution in [3.05, 3.63) is 24.3 Å². The molecule has 132 valence electrons. The van der Waals surface area contributed by atoms with Crippen LogP contribution in [0.2, 0.25) is 0 Å². The first kappa shape index (κ1) is 17.2. The summed E-state index contributed by atoms with van der Waals surface area (Å²) < 4.78 is 5.86. The molecule has 0 aromatic heterocycles. The fourth-order valence-electron chi connectivity index (χ4n) is 3.44. The average Bonchev–Trinajstić information content (AvgIpc) is 2.89. The van der Waals surface area contributed by atoms with E-state index in [4.69, 9.17) is 4.74 Å². The van der Waals surface area contributed by atoms with Crippen LogP contribution < -0.4 is 15.0 Å². The molecule has 1 amide bonds. The van der Waals surface area contributed by atoms with Gasteiger partial charge in [-0.15, -0.1) is 0 Å². The molecule has 0 radical (unpaired) electrons. The van der Waals surface area contributed by atoms with Crippen LogP contribution in [0.3, 0.4) is 0 Å². The summed E-state index contributed by atoms with van der Waals surface area (Å²) >= 11 is 0. The lowest BCUT2D eigenvalue weighted by Crippen LogP contribution is -2.48. The molecule has 2 aliphatic heterocycles. The second-order valence-electron chi connectivity index (χ2n) is 6.67. The normalized spacial score (nSPS) is 20.0. The zero-order valence-corrected chi connectivity index (χ0v) is 14.5. The maximum Gasteiger partial charge on any atom is 0.240 e. The zero-order valence-electron chi connectivity index (χ0n) is 14.5. The van der Waals surface area contributed by atoms with E-state index in [1.165, 1.54) is 38.8 Å². The number of ether oxygens (including phenoxy) is 1. The van der Waals surface area contributed by atoms with Crippen molar-refractivity contribution in [2.24, 2.45) is 0 Å². The fourth-order valence-corrected chi connectivity index (χ4v) is 3.44. The van der Waals surface area contributed by atoms with Crippen LogP contribution in [0.25, 0.3) is 0 Å². The number of likely N-dealkylation sites (tertiary alicyclic amines) is 1. The van der Waals surface area contributed by atoms with Crippen molar-refractivity contribution in [1.82, 2.24) is 10.2 Å². The van der Waals surface area contributed by atoms with E-state index in [-0.39, 0.29) is 5.91 Å². The maximum atomic E-state index is 11.9. The number of piperazine rings is 1. The van der Waals surface area contributed by atoms with E-state index in [0.717, 1.165) is 44.1 Å². The third kappa shape index (κ3) is 4.95. The van der Waals surface area contributed by atoms with Crippen LogP contribution in [-0.4, -0.2) is 56.7 Å². The van der Waals surface area contributed by atoms with Crippen LogP contribution in [0.4, 0.5) is 5.69 Å². The predicted molar refractivity (Wildman–Crippen MR) is 96.7 cm³/mol. The number of rotatable bonds is 6. The van der Waals surface area contributed by atoms with Crippen LogP contribution in [0, 0.1) is 0 Å². The molecule has 0 unspecified atom stereocenters. The fraction of sp³-hybridized carbons (Fsp3) is 0.632. The lowest BCUT2D eigenvalue weighted by Gasteiger charge is -2.27. The first-order valence-corrected chi connectivity index (χ1v) is 9.29. The van der Waals surface area contributed by atoms with Crippen molar-refractivity contribution >= 4 is 11.6 Å². The van der Waals surface area contributed by atoms with Crippen molar-refractivity contribution in [2.45, 2.75) is 32.1 Å². The highest BCUT2D eigenvalue weighted by Crippen LogP contribution is 2.20. The Morgan fingerprint density at radius 3 is 2.46 bits per heavy atom. The molecule has 3 rings (SSSR count). The highest BCUT2D eigenvalue weighted by molar-refractivity contribution is 5.95. The zero-order chi connectivity index (χ0) is 16.6. The number of hydrogen-bond acceptors (Lipinski definition) is 4. The first-order valence-electron chi connectivity index (χ1n) is 9.29. The molecular formula is C19H29N3O2. The number of hydrogen-bond donors (Lipinski definition) is 1. The molecule has 0 spiro atoms. The summed E-state index contributed by atoms with van der Waals surface area (Å²) in [5.41, 5.74) is 0.957. The molecule has 2 saturated heterocycles. The van der Waals surface area contributed by atoms with Gasteiger partial charge in [-0.25, -0.2) is 0 Å². The third-order valence-electron chi connectivity index (χ3n) is 4.82. The van der Waals surface area contributed by atoms with Crippen LogP contribution in [0.1, 0.15) is 32.1 Å². The molecule has 5 nitrogen and oxygen atoms in total. The van der Waals surface area contributed by atoms with Gasteiger partial charge in [0.05, 0.1) is 13.2 Å². The van der Waals surface area contributed by atoms with Crippen molar-refractivity contribution in [3.63, 3.8) is 0 Å². The van der Waals surface area contributed by atoms with Crippen LogP contribution in [-0.2, 0) is 4.79 Å². The minimum atomic E-state index is 0.132. The second-order valence-corrected chi connectivity index (χ2v) is 6.67. The largest absolute Gasteiger partial charge is 0.494 e. The molecular weight excluding hydrogens is 302 g/mol. The summed E-state index contributed by atoms with van der Waals surface area (Å²) in [6, 6.07) is 7.90. The van der Waals surface area contributed by atoms with E-state index in [9.17, 15) is 4.79 Å². The number of benzene rings is 1. The monoisotopic (exact) mass is 331 g/mol. The van der Waals surface area contributed by atoms with E-state index >= 15 is 0 Å². The highest BCUT2D eigenvalue weighted by atomic mass is 16.5. The quantitative estimate of drug-likeness (QED) is 0.812. The predicted octanol–water partition coefficient (Wildman–Crippen LogP) is 2.27. The summed E-state index contributed by atoms with van der Waals surface area (Å²) in [6.45, 7) is 6.38. The summed E-state index contributed by atoms with van der Waals surface area (Å²) in [7, 11) is 0. The van der Waals surface area contributed by atoms with Gasteiger partial charge in [0.15, 0.2) is 0 Å². The summed E-state index contributed by atoms with van der Waals surface area (Å²) in [5.74, 6) is 1.02. The molecule has 2 aliphatic rings. The Morgan fingerprint density at radius 1 is 1.00 bits per heavy atom. The topological polar surface area (TPSA) is 44.8 Å². The number of amides is 1. The number of nitrogens with one attached hydrogen (secondary N) is 1. The minimum absolute atomic E-state index is 0.132. The van der Waals surface area contributed by atoms with Crippen molar-refractivity contribution in [1.29, 1.82) is 0 Å². The van der Waals surface area contributed by atoms with E-state index in [2.05, 4.69) is 10.2 Å². The van der Waals surface area contributed by atoms with E-state index in [0.29, 0.717) is 6.54 Å². The molecule has 2 fully saturated rings. The average molecular weight is 331 g/mol. The van der Waals surface area contributed by atoms with Crippen molar-refractivity contribution < 1.29 is 9.53 Å². The molecule has 5 heteroatoms. The van der Waals surface area contributed by atoms with Crippen LogP contribution >= 0.6 is 0 Å². The Morgan fingerprint density at radius 2 is 1.75 bits per heavy atom. The molecule has 1 aromatic carbocycles. The molecule has 0 bridgehead atoms. The molecule has 0 saturated carbocycles. The van der Waals surface area contributed by atoms with Crippen LogP contribution in [0.15, 0.2) is 24.3 Å². The Hall–Kier alpha value is -1.59. The lowest BCUT2D eigenvalue weighted by molar-refractivity contribution is -0.118. The van der Waals surface area contributed by atoms with Crippen LogP contribution in [0.5, 0.6) is 5.75 Å². The molecule has 24 heavy (non-hydrogen) atoms. The van der Waals surface area contributed by atoms with Gasteiger partial charge in [-0.3, -0.25) is 4.79 Å². The van der Waals surface area contributed by atoms with Gasteiger partial charge in [-0.1, -0.05) is 12.8 Å². The Bertz CT molecular complexity index is 510.